The van der Waals surface area contributed by atoms with E-state index in [0.717, 1.165) is 12.8 Å². The molecule has 1 rings (SSSR count). The topological polar surface area (TPSA) is 20.2 Å². The quantitative estimate of drug-likeness (QED) is 0.503. The summed E-state index contributed by atoms with van der Waals surface area (Å²) in [6.45, 7) is 1.87. The van der Waals surface area contributed by atoms with E-state index in [2.05, 4.69) is 0 Å². The zero-order valence-corrected chi connectivity index (χ0v) is 7.94. The molecule has 11 heavy (non-hydrogen) atoms. The van der Waals surface area contributed by atoms with Crippen LogP contribution in [0.4, 0.5) is 0 Å². The average Bonchev–Trinajstić information content (AvgIpc) is 1.95. The Balaban J connectivity index is 2.80. The number of allylic oxidation sites excluding steroid dienone is 1. The molecule has 0 aromatic rings. The second-order valence-corrected chi connectivity index (χ2v) is 4.26. The van der Waals surface area contributed by atoms with E-state index in [1.807, 2.05) is 19.1 Å². The summed E-state index contributed by atoms with van der Waals surface area (Å²) in [4.78, 5) is -0.533. The van der Waals surface area contributed by atoms with Gasteiger partial charge in [0, 0.05) is 5.41 Å². The van der Waals surface area contributed by atoms with E-state index in [4.69, 9.17) is 23.2 Å². The third-order valence-electron chi connectivity index (χ3n) is 2.27. The van der Waals surface area contributed by atoms with Crippen LogP contribution in [0.5, 0.6) is 0 Å². The van der Waals surface area contributed by atoms with Crippen molar-refractivity contribution in [3.63, 3.8) is 0 Å². The monoisotopic (exact) mass is 194 g/mol. The van der Waals surface area contributed by atoms with Crippen LogP contribution in [0.25, 0.3) is 0 Å². The fourth-order valence-electron chi connectivity index (χ4n) is 1.23. The molecule has 0 amide bonds. The van der Waals surface area contributed by atoms with Gasteiger partial charge in [0.25, 0.3) is 0 Å². The van der Waals surface area contributed by atoms with Gasteiger partial charge in [-0.15, -0.1) is 23.2 Å². The highest BCUT2D eigenvalue weighted by molar-refractivity contribution is 6.45. The van der Waals surface area contributed by atoms with E-state index < -0.39 is 16.4 Å². The van der Waals surface area contributed by atoms with Crippen molar-refractivity contribution in [1.82, 2.24) is 0 Å². The van der Waals surface area contributed by atoms with Crippen LogP contribution in [0, 0.1) is 5.41 Å². The van der Waals surface area contributed by atoms with E-state index in [1.54, 1.807) is 0 Å². The number of rotatable bonds is 1. The summed E-state index contributed by atoms with van der Waals surface area (Å²) in [7, 11) is 0. The molecule has 0 aromatic heterocycles. The van der Waals surface area contributed by atoms with E-state index in [1.165, 1.54) is 0 Å². The molecule has 0 saturated carbocycles. The smallest absolute Gasteiger partial charge is 0.119 e. The first-order valence-electron chi connectivity index (χ1n) is 3.71. The Morgan fingerprint density at radius 3 is 2.64 bits per heavy atom. The molecule has 2 atom stereocenters. The second-order valence-electron chi connectivity index (χ2n) is 3.16. The first-order chi connectivity index (χ1) is 5.07. The van der Waals surface area contributed by atoms with E-state index in [9.17, 15) is 5.11 Å². The predicted octanol–water partition coefficient (Wildman–Crippen LogP) is 2.51. The van der Waals surface area contributed by atoms with Crippen molar-refractivity contribution >= 4 is 23.2 Å². The largest absolute Gasteiger partial charge is 0.392 e. The van der Waals surface area contributed by atoms with Gasteiger partial charge in [-0.3, -0.25) is 0 Å². The van der Waals surface area contributed by atoms with Crippen molar-refractivity contribution in [2.24, 2.45) is 5.41 Å². The molecule has 64 valence electrons. The van der Waals surface area contributed by atoms with Crippen molar-refractivity contribution < 1.29 is 5.11 Å². The van der Waals surface area contributed by atoms with Gasteiger partial charge < -0.3 is 5.11 Å². The van der Waals surface area contributed by atoms with Crippen molar-refractivity contribution in [3.05, 3.63) is 12.2 Å². The van der Waals surface area contributed by atoms with Gasteiger partial charge in [-0.25, -0.2) is 0 Å². The molecule has 2 unspecified atom stereocenters. The molecule has 0 radical (unpaired) electrons. The highest BCUT2D eigenvalue weighted by Gasteiger charge is 2.37. The number of halogens is 2. The van der Waals surface area contributed by atoms with Crippen LogP contribution in [-0.2, 0) is 0 Å². The normalized spacial score (nSPS) is 38.1. The standard InChI is InChI=1S/C8H12Cl2O/c1-8(7(9)10)5-3-2-4-6(8)11/h3,5-7,11H,2,4H2,1H3. The SMILES string of the molecule is CC1(C(Cl)Cl)C=CCCC1O. The molecular formula is C8H12Cl2O. The summed E-state index contributed by atoms with van der Waals surface area (Å²) in [5, 5.41) is 9.58. The lowest BCUT2D eigenvalue weighted by atomic mass is 9.80. The van der Waals surface area contributed by atoms with Crippen LogP contribution in [0.1, 0.15) is 19.8 Å². The van der Waals surface area contributed by atoms with Gasteiger partial charge in [0.1, 0.15) is 4.84 Å². The first-order valence-corrected chi connectivity index (χ1v) is 4.58. The van der Waals surface area contributed by atoms with Gasteiger partial charge in [0.05, 0.1) is 6.10 Å². The summed E-state index contributed by atoms with van der Waals surface area (Å²) in [5.41, 5.74) is -0.457. The Morgan fingerprint density at radius 1 is 1.64 bits per heavy atom. The zero-order valence-electron chi connectivity index (χ0n) is 6.43. The molecule has 1 N–H and O–H groups in total. The lowest BCUT2D eigenvalue weighted by Crippen LogP contribution is -2.37. The maximum Gasteiger partial charge on any atom is 0.119 e. The lowest BCUT2D eigenvalue weighted by Gasteiger charge is -2.35. The van der Waals surface area contributed by atoms with Crippen LogP contribution < -0.4 is 0 Å². The minimum atomic E-state index is -0.533. The molecule has 1 aliphatic carbocycles. The lowest BCUT2D eigenvalue weighted by molar-refractivity contribution is 0.0654. The summed E-state index contributed by atoms with van der Waals surface area (Å²) in [6, 6.07) is 0. The summed E-state index contributed by atoms with van der Waals surface area (Å²) in [6.07, 6.45) is 5.18. The second kappa shape index (κ2) is 3.34. The van der Waals surface area contributed by atoms with E-state index in [0.29, 0.717) is 0 Å². The predicted molar refractivity (Wildman–Crippen MR) is 48.0 cm³/mol. The van der Waals surface area contributed by atoms with Gasteiger partial charge >= 0.3 is 0 Å². The Hall–Kier alpha value is 0.280. The van der Waals surface area contributed by atoms with Crippen LogP contribution in [0.3, 0.4) is 0 Å². The molecule has 0 fully saturated rings. The summed E-state index contributed by atoms with van der Waals surface area (Å²) < 4.78 is 0. The van der Waals surface area contributed by atoms with Crippen LogP contribution in [0.15, 0.2) is 12.2 Å². The molecule has 0 heterocycles. The van der Waals surface area contributed by atoms with Crippen molar-refractivity contribution in [1.29, 1.82) is 0 Å². The third kappa shape index (κ3) is 1.71. The fraction of sp³-hybridized carbons (Fsp3) is 0.750. The molecule has 0 bridgehead atoms. The number of hydrogen-bond donors (Lipinski definition) is 1. The zero-order chi connectivity index (χ0) is 8.48. The van der Waals surface area contributed by atoms with Gasteiger partial charge in [-0.05, 0) is 12.8 Å². The van der Waals surface area contributed by atoms with E-state index in [-0.39, 0.29) is 0 Å². The Morgan fingerprint density at radius 2 is 2.27 bits per heavy atom. The maximum atomic E-state index is 9.58. The third-order valence-corrected chi connectivity index (χ3v) is 3.21. The minimum Gasteiger partial charge on any atom is -0.392 e. The van der Waals surface area contributed by atoms with Crippen molar-refractivity contribution in [2.45, 2.75) is 30.7 Å². The number of hydrogen-bond acceptors (Lipinski definition) is 1. The van der Waals surface area contributed by atoms with E-state index >= 15 is 0 Å². The van der Waals surface area contributed by atoms with Crippen molar-refractivity contribution in [3.8, 4) is 0 Å². The first kappa shape index (κ1) is 9.37. The minimum absolute atomic E-state index is 0.410. The molecular weight excluding hydrogens is 183 g/mol. The molecule has 3 heteroatoms. The number of aliphatic hydroxyl groups is 1. The molecule has 0 saturated heterocycles. The highest BCUT2D eigenvalue weighted by atomic mass is 35.5. The number of aliphatic hydroxyl groups excluding tert-OH is 1. The molecule has 0 spiro atoms. The average molecular weight is 195 g/mol. The van der Waals surface area contributed by atoms with Gasteiger partial charge in [0.2, 0.25) is 0 Å². The van der Waals surface area contributed by atoms with Crippen molar-refractivity contribution in [2.75, 3.05) is 0 Å². The van der Waals surface area contributed by atoms with Gasteiger partial charge in [-0.2, -0.15) is 0 Å². The Labute approximate surface area is 77.0 Å². The maximum absolute atomic E-state index is 9.58. The molecule has 0 aliphatic heterocycles. The molecule has 1 nitrogen and oxygen atoms in total. The van der Waals surface area contributed by atoms with Crippen LogP contribution in [0.2, 0.25) is 0 Å². The molecule has 1 aliphatic rings. The highest BCUT2D eigenvalue weighted by Crippen LogP contribution is 2.38. The number of alkyl halides is 2. The Kier molecular flexibility index (Phi) is 2.84. The van der Waals surface area contributed by atoms with Gasteiger partial charge in [0.15, 0.2) is 0 Å². The van der Waals surface area contributed by atoms with Gasteiger partial charge in [-0.1, -0.05) is 19.1 Å². The van der Waals surface area contributed by atoms with Crippen LogP contribution in [-0.4, -0.2) is 16.0 Å². The Bertz CT molecular complexity index is 167. The summed E-state index contributed by atoms with van der Waals surface area (Å²) in [5.74, 6) is 0. The van der Waals surface area contributed by atoms with Crippen LogP contribution >= 0.6 is 23.2 Å². The summed E-state index contributed by atoms with van der Waals surface area (Å²) >= 11 is 11.5. The molecule has 0 aromatic carbocycles. The fourth-order valence-corrected chi connectivity index (χ4v) is 1.67.